The van der Waals surface area contributed by atoms with Crippen LogP contribution in [0.25, 0.3) is 0 Å². The molecule has 0 unspecified atom stereocenters. The van der Waals surface area contributed by atoms with Crippen molar-refractivity contribution in [3.8, 4) is 0 Å². The summed E-state index contributed by atoms with van der Waals surface area (Å²) in [6, 6.07) is 4.10. The zero-order chi connectivity index (χ0) is 18.7. The van der Waals surface area contributed by atoms with Gasteiger partial charge in [-0.3, -0.25) is 14.5 Å². The first-order chi connectivity index (χ1) is 12.5. The number of hydrogen-bond donors (Lipinski definition) is 3. The molecule has 3 N–H and O–H groups in total. The van der Waals surface area contributed by atoms with E-state index >= 15 is 0 Å². The average molecular weight is 380 g/mol. The summed E-state index contributed by atoms with van der Waals surface area (Å²) in [5.41, 5.74) is 0.836. The summed E-state index contributed by atoms with van der Waals surface area (Å²) in [5, 5.41) is 15.4. The summed E-state index contributed by atoms with van der Waals surface area (Å²) < 4.78 is 0. The minimum atomic E-state index is -0.872. The van der Waals surface area contributed by atoms with Crippen molar-refractivity contribution in [2.75, 3.05) is 18.0 Å². The Morgan fingerprint density at radius 3 is 2.69 bits per heavy atom. The van der Waals surface area contributed by atoms with Gasteiger partial charge in [0.25, 0.3) is 5.91 Å². The van der Waals surface area contributed by atoms with Gasteiger partial charge in [0, 0.05) is 24.7 Å². The van der Waals surface area contributed by atoms with Gasteiger partial charge in [0.1, 0.15) is 0 Å². The van der Waals surface area contributed by atoms with Crippen molar-refractivity contribution in [2.24, 2.45) is 5.92 Å². The number of carboxylic acid groups (broad SMARTS) is 1. The molecule has 2 atom stereocenters. The molecule has 0 spiro atoms. The van der Waals surface area contributed by atoms with Crippen LogP contribution in [-0.2, 0) is 4.79 Å². The van der Waals surface area contributed by atoms with E-state index in [1.54, 1.807) is 18.2 Å². The minimum absolute atomic E-state index is 0.251. The molecule has 1 aromatic rings. The normalized spacial score (nSPS) is 23.3. The van der Waals surface area contributed by atoms with Crippen LogP contribution in [0.1, 0.15) is 42.5 Å². The summed E-state index contributed by atoms with van der Waals surface area (Å²) in [4.78, 5) is 37.6. The second kappa shape index (κ2) is 7.95. The smallest absolute Gasteiger partial charge is 0.322 e. The number of benzene rings is 1. The lowest BCUT2D eigenvalue weighted by atomic mass is 9.94. The predicted octanol–water partition coefficient (Wildman–Crippen LogP) is 2.63. The molecule has 26 heavy (non-hydrogen) atoms. The molecule has 1 aliphatic carbocycles. The molecule has 2 fully saturated rings. The van der Waals surface area contributed by atoms with Crippen LogP contribution in [0.3, 0.4) is 0 Å². The van der Waals surface area contributed by atoms with Crippen LogP contribution in [0, 0.1) is 5.92 Å². The molecule has 0 radical (unpaired) electrons. The van der Waals surface area contributed by atoms with E-state index in [0.29, 0.717) is 42.2 Å². The predicted molar refractivity (Wildman–Crippen MR) is 97.7 cm³/mol. The summed E-state index contributed by atoms with van der Waals surface area (Å²) in [6.45, 7) is 1.00. The zero-order valence-corrected chi connectivity index (χ0v) is 15.1. The summed E-state index contributed by atoms with van der Waals surface area (Å²) >= 11 is 6.19. The van der Waals surface area contributed by atoms with Crippen molar-refractivity contribution >= 4 is 35.2 Å². The Morgan fingerprint density at radius 1 is 1.23 bits per heavy atom. The van der Waals surface area contributed by atoms with Gasteiger partial charge in [-0.25, -0.2) is 4.79 Å². The lowest BCUT2D eigenvalue weighted by molar-refractivity contribution is -0.142. The number of carboxylic acids is 1. The summed E-state index contributed by atoms with van der Waals surface area (Å²) in [6.07, 6.45) is 3.95. The monoisotopic (exact) mass is 379 g/mol. The maximum Gasteiger partial charge on any atom is 0.322 e. The molecule has 1 saturated heterocycles. The lowest BCUT2D eigenvalue weighted by Gasteiger charge is -2.23. The molecule has 2 aliphatic rings. The SMILES string of the molecule is O=C(N[C@H]1CCCCC[C@H]1C(=O)O)c1ccc(Cl)c(N2CCNC2=O)c1. The first-order valence-electron chi connectivity index (χ1n) is 8.86. The molecule has 3 amide bonds. The maximum atomic E-state index is 12.7. The van der Waals surface area contributed by atoms with Crippen molar-refractivity contribution in [3.05, 3.63) is 28.8 Å². The second-order valence-electron chi connectivity index (χ2n) is 6.71. The van der Waals surface area contributed by atoms with E-state index in [0.717, 1.165) is 19.3 Å². The fraction of sp³-hybridized carbons (Fsp3) is 0.500. The van der Waals surface area contributed by atoms with Gasteiger partial charge in [-0.2, -0.15) is 0 Å². The highest BCUT2D eigenvalue weighted by Crippen LogP contribution is 2.29. The van der Waals surface area contributed by atoms with Crippen molar-refractivity contribution < 1.29 is 19.5 Å². The largest absolute Gasteiger partial charge is 0.481 e. The first kappa shape index (κ1) is 18.5. The third-order valence-corrected chi connectivity index (χ3v) is 5.33. The second-order valence-corrected chi connectivity index (χ2v) is 7.12. The van der Waals surface area contributed by atoms with Crippen molar-refractivity contribution in [3.63, 3.8) is 0 Å². The van der Waals surface area contributed by atoms with E-state index in [9.17, 15) is 19.5 Å². The number of anilines is 1. The number of halogens is 1. The van der Waals surface area contributed by atoms with Crippen LogP contribution in [0.4, 0.5) is 10.5 Å². The summed E-state index contributed by atoms with van der Waals surface area (Å²) in [7, 11) is 0. The van der Waals surface area contributed by atoms with Crippen LogP contribution in [0.15, 0.2) is 18.2 Å². The van der Waals surface area contributed by atoms with E-state index in [4.69, 9.17) is 11.6 Å². The van der Waals surface area contributed by atoms with Crippen molar-refractivity contribution in [2.45, 2.75) is 38.1 Å². The molecule has 7 nitrogen and oxygen atoms in total. The van der Waals surface area contributed by atoms with Crippen molar-refractivity contribution in [1.82, 2.24) is 10.6 Å². The van der Waals surface area contributed by atoms with Gasteiger partial charge in [0.15, 0.2) is 0 Å². The van der Waals surface area contributed by atoms with E-state index in [1.807, 2.05) is 0 Å². The molecular weight excluding hydrogens is 358 g/mol. The number of aliphatic carboxylic acids is 1. The Morgan fingerprint density at radius 2 is 2.00 bits per heavy atom. The van der Waals surface area contributed by atoms with E-state index in [-0.39, 0.29) is 11.9 Å². The highest BCUT2D eigenvalue weighted by Gasteiger charge is 2.31. The number of urea groups is 1. The number of rotatable bonds is 4. The molecular formula is C18H22ClN3O4. The minimum Gasteiger partial charge on any atom is -0.481 e. The maximum absolute atomic E-state index is 12.7. The molecule has 140 valence electrons. The van der Waals surface area contributed by atoms with Gasteiger partial charge in [-0.15, -0.1) is 0 Å². The van der Waals surface area contributed by atoms with E-state index in [1.165, 1.54) is 4.90 Å². The highest BCUT2D eigenvalue weighted by atomic mass is 35.5. The molecule has 3 rings (SSSR count). The van der Waals surface area contributed by atoms with Crippen LogP contribution in [0.2, 0.25) is 5.02 Å². The number of nitrogens with one attached hydrogen (secondary N) is 2. The molecule has 1 aromatic carbocycles. The lowest BCUT2D eigenvalue weighted by Crippen LogP contribution is -2.42. The van der Waals surface area contributed by atoms with Gasteiger partial charge in [0.2, 0.25) is 0 Å². The summed E-state index contributed by atoms with van der Waals surface area (Å²) in [5.74, 6) is -1.79. The van der Waals surface area contributed by atoms with Gasteiger partial charge >= 0.3 is 12.0 Å². The fourth-order valence-corrected chi connectivity index (χ4v) is 3.81. The first-order valence-corrected chi connectivity index (χ1v) is 9.24. The van der Waals surface area contributed by atoms with Crippen LogP contribution in [-0.4, -0.2) is 42.1 Å². The van der Waals surface area contributed by atoms with Crippen molar-refractivity contribution in [1.29, 1.82) is 0 Å². The highest BCUT2D eigenvalue weighted by molar-refractivity contribution is 6.34. The molecule has 0 bridgehead atoms. The number of carbonyl (C=O) groups is 3. The fourth-order valence-electron chi connectivity index (χ4n) is 3.59. The Hall–Kier alpha value is -2.28. The average Bonchev–Trinajstić information content (AvgIpc) is 2.89. The van der Waals surface area contributed by atoms with Crippen LogP contribution < -0.4 is 15.5 Å². The van der Waals surface area contributed by atoms with E-state index < -0.39 is 17.9 Å². The molecule has 1 aliphatic heterocycles. The Balaban J connectivity index is 1.79. The van der Waals surface area contributed by atoms with Crippen LogP contribution >= 0.6 is 11.6 Å². The van der Waals surface area contributed by atoms with Gasteiger partial charge in [0.05, 0.1) is 16.6 Å². The molecule has 8 heteroatoms. The number of nitrogens with zero attached hydrogens (tertiary/aromatic N) is 1. The Labute approximate surface area is 156 Å². The van der Waals surface area contributed by atoms with Gasteiger partial charge in [-0.05, 0) is 31.0 Å². The Bertz CT molecular complexity index is 724. The third kappa shape index (κ3) is 3.93. The number of amides is 3. The van der Waals surface area contributed by atoms with Gasteiger partial charge in [-0.1, -0.05) is 30.9 Å². The number of carbonyl (C=O) groups excluding carboxylic acids is 2. The third-order valence-electron chi connectivity index (χ3n) is 5.01. The molecule has 1 heterocycles. The molecule has 0 aromatic heterocycles. The van der Waals surface area contributed by atoms with E-state index in [2.05, 4.69) is 10.6 Å². The van der Waals surface area contributed by atoms with Gasteiger partial charge < -0.3 is 15.7 Å². The van der Waals surface area contributed by atoms with Crippen LogP contribution in [0.5, 0.6) is 0 Å². The topological polar surface area (TPSA) is 98.7 Å². The quantitative estimate of drug-likeness (QED) is 0.700. The number of hydrogen-bond acceptors (Lipinski definition) is 3. The zero-order valence-electron chi connectivity index (χ0n) is 14.3. The molecule has 1 saturated carbocycles. The standard InChI is InChI=1S/C18H22ClN3O4/c19-13-7-6-11(10-15(13)22-9-8-20-18(22)26)16(23)21-14-5-3-1-2-4-12(14)17(24)25/h6-7,10,12,14H,1-5,8-9H2,(H,20,26)(H,21,23)(H,24,25)/t12-,14+/m1/s1. The Kier molecular flexibility index (Phi) is 5.66.